The molecule has 0 bridgehead atoms. The topological polar surface area (TPSA) is 73.4 Å². The van der Waals surface area contributed by atoms with Gasteiger partial charge in [0, 0.05) is 50.9 Å². The van der Waals surface area contributed by atoms with E-state index in [1.807, 2.05) is 23.4 Å². The van der Waals surface area contributed by atoms with Gasteiger partial charge in [-0.2, -0.15) is 0 Å². The summed E-state index contributed by atoms with van der Waals surface area (Å²) in [5.41, 5.74) is 2.43. The Morgan fingerprint density at radius 2 is 1.71 bits per heavy atom. The predicted octanol–water partition coefficient (Wildman–Crippen LogP) is 5.13. The van der Waals surface area contributed by atoms with Crippen molar-refractivity contribution in [1.29, 1.82) is 0 Å². The van der Waals surface area contributed by atoms with Gasteiger partial charge in [-0.15, -0.1) is 11.3 Å². The van der Waals surface area contributed by atoms with E-state index in [9.17, 15) is 4.79 Å². The van der Waals surface area contributed by atoms with Crippen molar-refractivity contribution in [3.05, 3.63) is 41.0 Å². The molecule has 8 heteroatoms. The van der Waals surface area contributed by atoms with Gasteiger partial charge in [0.05, 0.1) is 21.5 Å². The van der Waals surface area contributed by atoms with E-state index in [0.717, 1.165) is 79.0 Å². The van der Waals surface area contributed by atoms with E-state index in [1.165, 1.54) is 43.1 Å². The van der Waals surface area contributed by atoms with Crippen molar-refractivity contribution < 1.29 is 4.79 Å². The molecular formula is C27H34N6OS. The normalized spacial score (nSPS) is 19.4. The molecule has 2 saturated heterocycles. The number of likely N-dealkylation sites (tertiary alicyclic amines) is 1. The van der Waals surface area contributed by atoms with Crippen LogP contribution in [0.1, 0.15) is 66.1 Å². The molecule has 1 aliphatic carbocycles. The highest BCUT2D eigenvalue weighted by molar-refractivity contribution is 7.21. The fraction of sp³-hybridized carbons (Fsp3) is 0.519. The molecule has 3 aromatic rings. The van der Waals surface area contributed by atoms with E-state index in [2.05, 4.69) is 37.6 Å². The van der Waals surface area contributed by atoms with Crippen LogP contribution >= 0.6 is 11.3 Å². The summed E-state index contributed by atoms with van der Waals surface area (Å²) in [4.78, 5) is 28.2. The van der Waals surface area contributed by atoms with Gasteiger partial charge in [0.2, 0.25) is 0 Å². The van der Waals surface area contributed by atoms with Gasteiger partial charge in [-0.1, -0.05) is 19.3 Å². The number of pyridine rings is 2. The highest BCUT2D eigenvalue weighted by Gasteiger charge is 2.30. The van der Waals surface area contributed by atoms with Crippen LogP contribution in [0.15, 0.2) is 30.6 Å². The number of piperazine rings is 1. The van der Waals surface area contributed by atoms with E-state index < -0.39 is 0 Å². The predicted molar refractivity (Wildman–Crippen MR) is 143 cm³/mol. The van der Waals surface area contributed by atoms with E-state index in [1.54, 1.807) is 11.3 Å². The first-order valence-corrected chi connectivity index (χ1v) is 14.0. The van der Waals surface area contributed by atoms with Crippen molar-refractivity contribution in [3.63, 3.8) is 0 Å². The molecule has 7 nitrogen and oxygen atoms in total. The Labute approximate surface area is 210 Å². The molecule has 0 aromatic carbocycles. The molecule has 0 spiro atoms. The average Bonchev–Trinajstić information content (AvgIpc) is 3.58. The maximum absolute atomic E-state index is 13.5. The van der Waals surface area contributed by atoms with Crippen LogP contribution in [-0.2, 0) is 0 Å². The first-order chi connectivity index (χ1) is 17.3. The van der Waals surface area contributed by atoms with E-state index in [4.69, 9.17) is 0 Å². The molecule has 0 atom stereocenters. The van der Waals surface area contributed by atoms with Crippen molar-refractivity contribution in [2.24, 2.45) is 0 Å². The number of carbonyl (C=O) groups excluding carboxylic acids is 1. The SMILES string of the molecule is O=C(c1sc2cnc(Nc3ccc(N4CCNCC4)cn3)cc2c1C1CCCCC1)N1CCCC1. The van der Waals surface area contributed by atoms with Crippen molar-refractivity contribution in [2.45, 2.75) is 50.9 Å². The molecule has 3 fully saturated rings. The van der Waals surface area contributed by atoms with Gasteiger partial charge < -0.3 is 20.4 Å². The summed E-state index contributed by atoms with van der Waals surface area (Å²) in [6, 6.07) is 6.30. The second-order valence-corrected chi connectivity index (χ2v) is 11.1. The third kappa shape index (κ3) is 4.74. The molecule has 3 aliphatic rings. The molecule has 0 unspecified atom stereocenters. The van der Waals surface area contributed by atoms with Gasteiger partial charge in [-0.25, -0.2) is 9.97 Å². The first-order valence-electron chi connectivity index (χ1n) is 13.2. The Morgan fingerprint density at radius 1 is 0.943 bits per heavy atom. The maximum Gasteiger partial charge on any atom is 0.264 e. The zero-order valence-electron chi connectivity index (χ0n) is 20.3. The zero-order chi connectivity index (χ0) is 23.6. The molecule has 6 rings (SSSR count). The lowest BCUT2D eigenvalue weighted by Gasteiger charge is -2.29. The molecule has 3 aromatic heterocycles. The highest BCUT2D eigenvalue weighted by atomic mass is 32.1. The average molecular weight is 491 g/mol. The van der Waals surface area contributed by atoms with Gasteiger partial charge in [-0.3, -0.25) is 4.79 Å². The lowest BCUT2D eigenvalue weighted by molar-refractivity contribution is 0.0796. The fourth-order valence-corrected chi connectivity index (χ4v) is 7.02. The summed E-state index contributed by atoms with van der Waals surface area (Å²) in [5.74, 6) is 2.27. The van der Waals surface area contributed by atoms with Crippen molar-refractivity contribution in [3.8, 4) is 0 Å². The van der Waals surface area contributed by atoms with Gasteiger partial charge in [0.15, 0.2) is 0 Å². The number of nitrogens with zero attached hydrogens (tertiary/aromatic N) is 4. The number of fused-ring (bicyclic) bond motifs is 1. The standard InChI is InChI=1S/C27H34N6OS/c34-27(33-12-4-5-13-33)26-25(19-6-2-1-3-7-19)21-16-24(30-18-22(21)35-26)31-23-9-8-20(17-29-23)32-14-10-28-11-15-32/h8-9,16-19,28H,1-7,10-15H2,(H,29,30,31). The number of amides is 1. The minimum Gasteiger partial charge on any atom is -0.368 e. The Morgan fingerprint density at radius 3 is 2.46 bits per heavy atom. The Balaban J connectivity index is 1.29. The van der Waals surface area contributed by atoms with E-state index in [0.29, 0.717) is 5.92 Å². The third-order valence-electron chi connectivity index (χ3n) is 7.70. The molecular weight excluding hydrogens is 456 g/mol. The number of carbonyl (C=O) groups is 1. The largest absolute Gasteiger partial charge is 0.368 e. The number of aromatic nitrogens is 2. The van der Waals surface area contributed by atoms with Crippen LogP contribution in [0.25, 0.3) is 10.1 Å². The Kier molecular flexibility index (Phi) is 6.57. The second-order valence-electron chi connectivity index (χ2n) is 10.0. The molecule has 2 aliphatic heterocycles. The minimum atomic E-state index is 0.226. The van der Waals surface area contributed by atoms with Crippen molar-refractivity contribution in [1.82, 2.24) is 20.2 Å². The summed E-state index contributed by atoms with van der Waals surface area (Å²) in [5, 5.41) is 7.99. The maximum atomic E-state index is 13.5. The molecule has 184 valence electrons. The van der Waals surface area contributed by atoms with Crippen LogP contribution in [0, 0.1) is 0 Å². The Bertz CT molecular complexity index is 1170. The number of thiophene rings is 1. The Hall–Kier alpha value is -2.71. The number of hydrogen-bond donors (Lipinski definition) is 2. The number of rotatable bonds is 5. The van der Waals surface area contributed by atoms with Crippen LogP contribution in [0.5, 0.6) is 0 Å². The van der Waals surface area contributed by atoms with Crippen molar-refractivity contribution in [2.75, 3.05) is 49.5 Å². The van der Waals surface area contributed by atoms with Crippen LogP contribution in [0.3, 0.4) is 0 Å². The first kappa shape index (κ1) is 22.7. The lowest BCUT2D eigenvalue weighted by atomic mass is 9.82. The quantitative estimate of drug-likeness (QED) is 0.517. The molecule has 1 saturated carbocycles. The number of anilines is 3. The third-order valence-corrected chi connectivity index (χ3v) is 8.85. The molecule has 0 radical (unpaired) electrons. The van der Waals surface area contributed by atoms with Crippen LogP contribution in [0.2, 0.25) is 0 Å². The summed E-state index contributed by atoms with van der Waals surface area (Å²) in [6.07, 6.45) is 12.3. The van der Waals surface area contributed by atoms with Crippen LogP contribution in [0.4, 0.5) is 17.3 Å². The van der Waals surface area contributed by atoms with E-state index >= 15 is 0 Å². The van der Waals surface area contributed by atoms with Gasteiger partial charge in [-0.05, 0) is 55.4 Å². The molecule has 5 heterocycles. The van der Waals surface area contributed by atoms with Crippen LogP contribution in [-0.4, -0.2) is 60.0 Å². The summed E-state index contributed by atoms with van der Waals surface area (Å²) < 4.78 is 1.11. The molecule has 35 heavy (non-hydrogen) atoms. The van der Waals surface area contributed by atoms with Crippen molar-refractivity contribution >= 4 is 44.7 Å². The van der Waals surface area contributed by atoms with Gasteiger partial charge in [0.1, 0.15) is 11.6 Å². The number of nitrogens with one attached hydrogen (secondary N) is 2. The summed E-state index contributed by atoms with van der Waals surface area (Å²) in [7, 11) is 0. The minimum absolute atomic E-state index is 0.226. The zero-order valence-corrected chi connectivity index (χ0v) is 21.1. The summed E-state index contributed by atoms with van der Waals surface area (Å²) in [6.45, 7) is 5.81. The number of hydrogen-bond acceptors (Lipinski definition) is 7. The smallest absolute Gasteiger partial charge is 0.264 e. The lowest BCUT2D eigenvalue weighted by Crippen LogP contribution is -2.43. The second kappa shape index (κ2) is 10.1. The molecule has 1 amide bonds. The van der Waals surface area contributed by atoms with Gasteiger partial charge >= 0.3 is 0 Å². The highest BCUT2D eigenvalue weighted by Crippen LogP contribution is 2.43. The molecule has 2 N–H and O–H groups in total. The fourth-order valence-electron chi connectivity index (χ4n) is 5.81. The van der Waals surface area contributed by atoms with Crippen LogP contribution < -0.4 is 15.5 Å². The summed E-state index contributed by atoms with van der Waals surface area (Å²) >= 11 is 1.64. The van der Waals surface area contributed by atoms with Gasteiger partial charge in [0.25, 0.3) is 5.91 Å². The monoisotopic (exact) mass is 490 g/mol. The van der Waals surface area contributed by atoms with E-state index in [-0.39, 0.29) is 5.91 Å².